The highest BCUT2D eigenvalue weighted by Crippen LogP contribution is 2.33. The van der Waals surface area contributed by atoms with Crippen LogP contribution in [-0.2, 0) is 9.59 Å². The first-order valence-corrected chi connectivity index (χ1v) is 10.4. The first kappa shape index (κ1) is 22.2. The van der Waals surface area contributed by atoms with Crippen LogP contribution in [0.3, 0.4) is 0 Å². The van der Waals surface area contributed by atoms with E-state index in [4.69, 9.17) is 0 Å². The number of carbonyl (C=O) groups is 2. The molecule has 0 saturated heterocycles. The minimum Gasteiger partial charge on any atom is -0.354 e. The summed E-state index contributed by atoms with van der Waals surface area (Å²) in [6.07, 6.45) is 0.893. The molecule has 2 N–H and O–H groups in total. The average molecular weight is 423 g/mol. The van der Waals surface area contributed by atoms with E-state index in [1.54, 1.807) is 16.8 Å². The van der Waals surface area contributed by atoms with Crippen molar-refractivity contribution in [2.75, 3.05) is 5.32 Å². The molecule has 0 aliphatic rings. The van der Waals surface area contributed by atoms with Crippen LogP contribution in [0, 0.1) is 12.7 Å². The Morgan fingerprint density at radius 1 is 1.03 bits per heavy atom. The Balaban J connectivity index is 1.86. The number of rotatable bonds is 8. The van der Waals surface area contributed by atoms with E-state index in [1.807, 2.05) is 51.1 Å². The Labute approximate surface area is 181 Å². The summed E-state index contributed by atoms with van der Waals surface area (Å²) < 4.78 is 15.4. The van der Waals surface area contributed by atoms with Crippen molar-refractivity contribution < 1.29 is 14.0 Å². The van der Waals surface area contributed by atoms with Gasteiger partial charge in [0.2, 0.25) is 11.8 Å². The van der Waals surface area contributed by atoms with Crippen LogP contribution in [0.15, 0.2) is 54.6 Å². The fraction of sp³-hybridized carbons (Fsp3) is 0.292. The van der Waals surface area contributed by atoms with Gasteiger partial charge in [-0.2, -0.15) is 5.10 Å². The Morgan fingerprint density at radius 2 is 1.74 bits per heavy atom. The summed E-state index contributed by atoms with van der Waals surface area (Å²) in [5.74, 6) is -0.216. The van der Waals surface area contributed by atoms with Crippen molar-refractivity contribution in [2.45, 2.75) is 46.1 Å². The molecule has 31 heavy (non-hydrogen) atoms. The standard InChI is InChI=1S/C24H27FN4O2/c1-16(2)26-21(30)13-8-14-22(31)27-24-23(18-9-5-4-6-10-18)17(3)28-29(24)20-12-7-11-19(25)15-20/h4-7,9-12,15-16H,8,13-14H2,1-3H3,(H,26,30)(H,27,31). The quantitative estimate of drug-likeness (QED) is 0.556. The molecule has 0 atom stereocenters. The number of nitrogens with zero attached hydrogens (tertiary/aromatic N) is 2. The van der Waals surface area contributed by atoms with E-state index in [0.29, 0.717) is 23.6 Å². The lowest BCUT2D eigenvalue weighted by Gasteiger charge is -2.12. The third-order valence-corrected chi connectivity index (χ3v) is 4.69. The number of hydrogen-bond acceptors (Lipinski definition) is 3. The summed E-state index contributed by atoms with van der Waals surface area (Å²) >= 11 is 0. The van der Waals surface area contributed by atoms with Gasteiger partial charge in [0.25, 0.3) is 0 Å². The first-order chi connectivity index (χ1) is 14.8. The zero-order valence-electron chi connectivity index (χ0n) is 18.0. The van der Waals surface area contributed by atoms with Gasteiger partial charge in [0.1, 0.15) is 11.6 Å². The molecular weight excluding hydrogens is 395 g/mol. The molecule has 1 aromatic heterocycles. The molecule has 0 saturated carbocycles. The van der Waals surface area contributed by atoms with Gasteiger partial charge in [0, 0.05) is 24.4 Å². The summed E-state index contributed by atoms with van der Waals surface area (Å²) in [7, 11) is 0. The van der Waals surface area contributed by atoms with Gasteiger partial charge in [-0.15, -0.1) is 0 Å². The van der Waals surface area contributed by atoms with Gasteiger partial charge in [0.05, 0.1) is 11.4 Å². The van der Waals surface area contributed by atoms with Crippen molar-refractivity contribution in [2.24, 2.45) is 0 Å². The van der Waals surface area contributed by atoms with E-state index in [2.05, 4.69) is 15.7 Å². The third-order valence-electron chi connectivity index (χ3n) is 4.69. The van der Waals surface area contributed by atoms with Crippen LogP contribution in [0.5, 0.6) is 0 Å². The molecule has 162 valence electrons. The highest BCUT2D eigenvalue weighted by molar-refractivity contribution is 5.95. The number of aromatic nitrogens is 2. The lowest BCUT2D eigenvalue weighted by atomic mass is 10.1. The van der Waals surface area contributed by atoms with Gasteiger partial charge in [0.15, 0.2) is 0 Å². The van der Waals surface area contributed by atoms with Gasteiger partial charge in [-0.3, -0.25) is 9.59 Å². The fourth-order valence-corrected chi connectivity index (χ4v) is 3.39. The molecule has 2 amide bonds. The lowest BCUT2D eigenvalue weighted by molar-refractivity contribution is -0.121. The molecule has 3 aromatic rings. The lowest BCUT2D eigenvalue weighted by Crippen LogP contribution is -2.30. The van der Waals surface area contributed by atoms with E-state index in [1.165, 1.54) is 12.1 Å². The summed E-state index contributed by atoms with van der Waals surface area (Å²) in [5.41, 5.74) is 2.89. The van der Waals surface area contributed by atoms with Crippen LogP contribution in [-0.4, -0.2) is 27.6 Å². The second-order valence-electron chi connectivity index (χ2n) is 7.69. The summed E-state index contributed by atoms with van der Waals surface area (Å²) in [5, 5.41) is 10.3. The number of benzene rings is 2. The predicted octanol–water partition coefficient (Wildman–Crippen LogP) is 4.62. The number of carbonyl (C=O) groups excluding carboxylic acids is 2. The number of hydrogen-bond donors (Lipinski definition) is 2. The zero-order valence-corrected chi connectivity index (χ0v) is 18.0. The molecule has 3 rings (SSSR count). The summed E-state index contributed by atoms with van der Waals surface area (Å²) in [4.78, 5) is 24.5. The minimum absolute atomic E-state index is 0.0679. The van der Waals surface area contributed by atoms with Crippen LogP contribution in [0.1, 0.15) is 38.8 Å². The second-order valence-corrected chi connectivity index (χ2v) is 7.69. The number of aryl methyl sites for hydroxylation is 1. The number of anilines is 1. The maximum Gasteiger partial charge on any atom is 0.225 e. The van der Waals surface area contributed by atoms with Gasteiger partial charge in [-0.05, 0) is 51.0 Å². The number of halogens is 1. The monoisotopic (exact) mass is 422 g/mol. The number of nitrogens with one attached hydrogen (secondary N) is 2. The van der Waals surface area contributed by atoms with E-state index < -0.39 is 0 Å². The Hall–Kier alpha value is -3.48. The molecule has 0 radical (unpaired) electrons. The maximum absolute atomic E-state index is 13.8. The maximum atomic E-state index is 13.8. The van der Waals surface area contributed by atoms with Crippen LogP contribution in [0.25, 0.3) is 16.8 Å². The molecule has 0 bridgehead atoms. The molecule has 6 nitrogen and oxygen atoms in total. The SMILES string of the molecule is Cc1nn(-c2cccc(F)c2)c(NC(=O)CCCC(=O)NC(C)C)c1-c1ccccc1. The van der Waals surface area contributed by atoms with Crippen LogP contribution in [0.2, 0.25) is 0 Å². The molecule has 0 fully saturated rings. The van der Waals surface area contributed by atoms with Gasteiger partial charge in [-0.1, -0.05) is 36.4 Å². The van der Waals surface area contributed by atoms with Crippen LogP contribution >= 0.6 is 0 Å². The Morgan fingerprint density at radius 3 is 2.42 bits per heavy atom. The summed E-state index contributed by atoms with van der Waals surface area (Å²) in [6, 6.07) is 15.7. The average Bonchev–Trinajstić information content (AvgIpc) is 3.04. The zero-order chi connectivity index (χ0) is 22.4. The Bertz CT molecular complexity index is 1060. The molecule has 0 aliphatic heterocycles. The van der Waals surface area contributed by atoms with Crippen molar-refractivity contribution in [3.05, 3.63) is 66.1 Å². The second kappa shape index (κ2) is 10.0. The topological polar surface area (TPSA) is 76.0 Å². The van der Waals surface area contributed by atoms with Crippen molar-refractivity contribution in [1.29, 1.82) is 0 Å². The molecule has 1 heterocycles. The van der Waals surface area contributed by atoms with Crippen molar-refractivity contribution in [3.8, 4) is 16.8 Å². The van der Waals surface area contributed by atoms with Crippen LogP contribution in [0.4, 0.5) is 10.2 Å². The Kier molecular flexibility index (Phi) is 7.18. The van der Waals surface area contributed by atoms with Gasteiger partial charge < -0.3 is 10.6 Å². The summed E-state index contributed by atoms with van der Waals surface area (Å²) in [6.45, 7) is 5.64. The van der Waals surface area contributed by atoms with Gasteiger partial charge in [-0.25, -0.2) is 9.07 Å². The minimum atomic E-state index is -0.389. The molecule has 7 heteroatoms. The molecule has 0 unspecified atom stereocenters. The van der Waals surface area contributed by atoms with E-state index in [9.17, 15) is 14.0 Å². The van der Waals surface area contributed by atoms with Gasteiger partial charge >= 0.3 is 0 Å². The number of amides is 2. The highest BCUT2D eigenvalue weighted by atomic mass is 19.1. The third kappa shape index (κ3) is 5.78. The van der Waals surface area contributed by atoms with E-state index in [0.717, 1.165) is 11.1 Å². The van der Waals surface area contributed by atoms with E-state index in [-0.39, 0.29) is 36.5 Å². The molecule has 0 aliphatic carbocycles. The van der Waals surface area contributed by atoms with Crippen molar-refractivity contribution in [3.63, 3.8) is 0 Å². The first-order valence-electron chi connectivity index (χ1n) is 10.4. The molecular formula is C24H27FN4O2. The van der Waals surface area contributed by atoms with Crippen LogP contribution < -0.4 is 10.6 Å². The highest BCUT2D eigenvalue weighted by Gasteiger charge is 2.20. The normalized spacial score (nSPS) is 10.9. The molecule has 2 aromatic carbocycles. The fourth-order valence-electron chi connectivity index (χ4n) is 3.39. The van der Waals surface area contributed by atoms with Crippen molar-refractivity contribution in [1.82, 2.24) is 15.1 Å². The predicted molar refractivity (Wildman–Crippen MR) is 119 cm³/mol. The van der Waals surface area contributed by atoms with Crippen molar-refractivity contribution >= 4 is 17.6 Å². The van der Waals surface area contributed by atoms with E-state index >= 15 is 0 Å². The molecule has 0 spiro atoms. The smallest absolute Gasteiger partial charge is 0.225 e. The largest absolute Gasteiger partial charge is 0.354 e.